The van der Waals surface area contributed by atoms with Gasteiger partial charge in [0.25, 0.3) is 0 Å². The Morgan fingerprint density at radius 1 is 1.23 bits per heavy atom. The third-order valence-corrected chi connectivity index (χ3v) is 3.86. The van der Waals surface area contributed by atoms with E-state index in [0.717, 1.165) is 17.9 Å². The number of anilines is 1. The third kappa shape index (κ3) is 4.24. The van der Waals surface area contributed by atoms with Gasteiger partial charge in [0, 0.05) is 12.7 Å². The molecule has 0 aliphatic rings. The molecule has 0 unspecified atom stereocenters. The quantitative estimate of drug-likeness (QED) is 0.707. The third-order valence-electron chi connectivity index (χ3n) is 3.86. The van der Waals surface area contributed by atoms with Crippen LogP contribution in [-0.2, 0) is 7.05 Å². The Labute approximate surface area is 151 Å². The molecule has 0 radical (unpaired) electrons. The molecule has 0 fully saturated rings. The highest BCUT2D eigenvalue weighted by Crippen LogP contribution is 2.19. The molecular formula is C17H22N8O. The smallest absolute Gasteiger partial charge is 0.319 e. The minimum atomic E-state index is -0.297. The van der Waals surface area contributed by atoms with Crippen molar-refractivity contribution in [1.29, 1.82) is 0 Å². The summed E-state index contributed by atoms with van der Waals surface area (Å²) in [6.07, 6.45) is 5.32. The number of aryl methyl sites for hydroxylation is 1. The van der Waals surface area contributed by atoms with Gasteiger partial charge < -0.3 is 10.6 Å². The largest absolute Gasteiger partial charge is 0.328 e. The molecule has 0 saturated heterocycles. The van der Waals surface area contributed by atoms with Crippen LogP contribution in [0.2, 0.25) is 0 Å². The van der Waals surface area contributed by atoms with Gasteiger partial charge >= 0.3 is 6.03 Å². The van der Waals surface area contributed by atoms with Crippen LogP contribution in [0.5, 0.6) is 0 Å². The lowest BCUT2D eigenvalue weighted by atomic mass is 10.0. The zero-order valence-electron chi connectivity index (χ0n) is 15.0. The van der Waals surface area contributed by atoms with Crippen LogP contribution in [0, 0.1) is 5.92 Å². The van der Waals surface area contributed by atoms with E-state index in [2.05, 4.69) is 44.6 Å². The number of carbonyl (C=O) groups is 1. The predicted molar refractivity (Wildman–Crippen MR) is 96.7 cm³/mol. The first kappa shape index (κ1) is 17.6. The van der Waals surface area contributed by atoms with E-state index in [4.69, 9.17) is 0 Å². The average Bonchev–Trinajstić information content (AvgIpc) is 3.25. The molecule has 3 rings (SSSR count). The van der Waals surface area contributed by atoms with Crippen LogP contribution in [0.1, 0.15) is 32.1 Å². The SMILES string of the molecule is CC(C)C[C@@H](NC(=O)Nc1cccc(-n2cncn2)c1)c1ncnn1C. The number of benzene rings is 1. The molecule has 0 aliphatic carbocycles. The molecule has 0 spiro atoms. The number of urea groups is 1. The molecule has 3 aromatic rings. The molecule has 1 aromatic carbocycles. The van der Waals surface area contributed by atoms with Gasteiger partial charge in [-0.25, -0.2) is 19.4 Å². The van der Waals surface area contributed by atoms with E-state index in [1.807, 2.05) is 31.3 Å². The fourth-order valence-electron chi connectivity index (χ4n) is 2.71. The number of nitrogens with zero attached hydrogens (tertiary/aromatic N) is 6. The van der Waals surface area contributed by atoms with E-state index >= 15 is 0 Å². The Kier molecular flexibility index (Phi) is 5.26. The number of amides is 2. The lowest BCUT2D eigenvalue weighted by Gasteiger charge is -2.20. The molecule has 2 amide bonds. The Morgan fingerprint density at radius 2 is 2.08 bits per heavy atom. The molecule has 26 heavy (non-hydrogen) atoms. The second-order valence-corrected chi connectivity index (χ2v) is 6.41. The first-order chi connectivity index (χ1) is 12.5. The maximum absolute atomic E-state index is 12.5. The summed E-state index contributed by atoms with van der Waals surface area (Å²) in [4.78, 5) is 20.7. The molecule has 2 aromatic heterocycles. The first-order valence-corrected chi connectivity index (χ1v) is 8.39. The molecule has 0 saturated carbocycles. The molecule has 0 aliphatic heterocycles. The fraction of sp³-hybridized carbons (Fsp3) is 0.353. The molecule has 136 valence electrons. The van der Waals surface area contributed by atoms with E-state index < -0.39 is 0 Å². The van der Waals surface area contributed by atoms with Crippen molar-refractivity contribution in [2.24, 2.45) is 13.0 Å². The van der Waals surface area contributed by atoms with Crippen LogP contribution in [-0.4, -0.2) is 35.6 Å². The second-order valence-electron chi connectivity index (χ2n) is 6.41. The van der Waals surface area contributed by atoms with Crippen LogP contribution >= 0.6 is 0 Å². The highest BCUT2D eigenvalue weighted by atomic mass is 16.2. The standard InChI is InChI=1S/C17H22N8O/c1-12(2)7-15(16-19-10-20-24(16)3)23-17(26)22-13-5-4-6-14(8-13)25-11-18-9-21-25/h4-6,8-12,15H,7H2,1-3H3,(H2,22,23,26)/t15-/m1/s1. The van der Waals surface area contributed by atoms with Crippen LogP contribution in [0.4, 0.5) is 10.5 Å². The van der Waals surface area contributed by atoms with Crippen molar-refractivity contribution in [3.8, 4) is 5.69 Å². The fourth-order valence-corrected chi connectivity index (χ4v) is 2.71. The molecule has 0 bridgehead atoms. The molecule has 9 nitrogen and oxygen atoms in total. The zero-order valence-corrected chi connectivity index (χ0v) is 15.0. The van der Waals surface area contributed by atoms with Gasteiger partial charge in [0.05, 0.1) is 11.7 Å². The van der Waals surface area contributed by atoms with Crippen molar-refractivity contribution in [2.45, 2.75) is 26.3 Å². The molecule has 1 atom stereocenters. The highest BCUT2D eigenvalue weighted by molar-refractivity contribution is 5.89. The van der Waals surface area contributed by atoms with Crippen LogP contribution < -0.4 is 10.6 Å². The summed E-state index contributed by atoms with van der Waals surface area (Å²) < 4.78 is 3.31. The number of rotatable bonds is 6. The summed E-state index contributed by atoms with van der Waals surface area (Å²) in [6, 6.07) is 6.86. The van der Waals surface area contributed by atoms with E-state index in [9.17, 15) is 4.79 Å². The number of hydrogen-bond donors (Lipinski definition) is 2. The van der Waals surface area contributed by atoms with Crippen LogP contribution in [0.15, 0.2) is 43.2 Å². The molecular weight excluding hydrogens is 332 g/mol. The van der Waals surface area contributed by atoms with E-state index in [-0.39, 0.29) is 12.1 Å². The van der Waals surface area contributed by atoms with Gasteiger partial charge in [-0.05, 0) is 30.5 Å². The summed E-state index contributed by atoms with van der Waals surface area (Å²) in [5, 5.41) is 14.0. The van der Waals surface area contributed by atoms with Crippen LogP contribution in [0.25, 0.3) is 5.69 Å². The summed E-state index contributed by atoms with van der Waals surface area (Å²) in [6.45, 7) is 4.20. The Hall–Kier alpha value is -3.23. The Bertz CT molecular complexity index is 855. The summed E-state index contributed by atoms with van der Waals surface area (Å²) in [5.41, 5.74) is 1.48. The Balaban J connectivity index is 1.71. The summed E-state index contributed by atoms with van der Waals surface area (Å²) in [5.74, 6) is 1.12. The minimum absolute atomic E-state index is 0.221. The monoisotopic (exact) mass is 354 g/mol. The second kappa shape index (κ2) is 7.77. The maximum atomic E-state index is 12.5. The van der Waals surface area contributed by atoms with E-state index in [0.29, 0.717) is 11.6 Å². The van der Waals surface area contributed by atoms with Gasteiger partial charge in [-0.3, -0.25) is 4.68 Å². The number of aromatic nitrogens is 6. The van der Waals surface area contributed by atoms with Gasteiger partial charge in [0.15, 0.2) is 0 Å². The van der Waals surface area contributed by atoms with Crippen LogP contribution in [0.3, 0.4) is 0 Å². The van der Waals surface area contributed by atoms with Crippen molar-refractivity contribution in [1.82, 2.24) is 34.8 Å². The Morgan fingerprint density at radius 3 is 2.73 bits per heavy atom. The predicted octanol–water partition coefficient (Wildman–Crippen LogP) is 2.30. The topological polar surface area (TPSA) is 103 Å². The van der Waals surface area contributed by atoms with Crippen molar-refractivity contribution < 1.29 is 4.79 Å². The maximum Gasteiger partial charge on any atom is 0.319 e. The minimum Gasteiger partial charge on any atom is -0.328 e. The van der Waals surface area contributed by atoms with Gasteiger partial charge in [0.1, 0.15) is 24.8 Å². The zero-order chi connectivity index (χ0) is 18.5. The van der Waals surface area contributed by atoms with Crippen molar-refractivity contribution in [3.63, 3.8) is 0 Å². The lowest BCUT2D eigenvalue weighted by molar-refractivity contribution is 0.245. The number of hydrogen-bond acceptors (Lipinski definition) is 5. The van der Waals surface area contributed by atoms with Gasteiger partial charge in [-0.15, -0.1) is 0 Å². The van der Waals surface area contributed by atoms with Gasteiger partial charge in [-0.1, -0.05) is 19.9 Å². The summed E-state index contributed by atoms with van der Waals surface area (Å²) in [7, 11) is 1.82. The molecule has 2 heterocycles. The van der Waals surface area contributed by atoms with Crippen molar-refractivity contribution in [2.75, 3.05) is 5.32 Å². The van der Waals surface area contributed by atoms with E-state index in [1.165, 1.54) is 12.7 Å². The van der Waals surface area contributed by atoms with Gasteiger partial charge in [0.2, 0.25) is 0 Å². The number of carbonyl (C=O) groups excluding carboxylic acids is 1. The van der Waals surface area contributed by atoms with E-state index in [1.54, 1.807) is 15.7 Å². The number of nitrogens with one attached hydrogen (secondary N) is 2. The highest BCUT2D eigenvalue weighted by Gasteiger charge is 2.20. The lowest BCUT2D eigenvalue weighted by Crippen LogP contribution is -2.34. The normalized spacial score (nSPS) is 12.2. The summed E-state index contributed by atoms with van der Waals surface area (Å²) >= 11 is 0. The van der Waals surface area contributed by atoms with Crippen molar-refractivity contribution in [3.05, 3.63) is 49.1 Å². The van der Waals surface area contributed by atoms with Gasteiger partial charge in [-0.2, -0.15) is 10.2 Å². The molecule has 2 N–H and O–H groups in total. The molecule has 9 heteroatoms. The first-order valence-electron chi connectivity index (χ1n) is 8.39. The average molecular weight is 354 g/mol. The van der Waals surface area contributed by atoms with Crippen molar-refractivity contribution >= 4 is 11.7 Å².